The number of aromatic nitrogens is 1. The van der Waals surface area contributed by atoms with E-state index in [1.165, 1.54) is 86.6 Å². The van der Waals surface area contributed by atoms with Gasteiger partial charge in [0.2, 0.25) is 5.51 Å². The molecule has 5 heteroatoms. The Labute approximate surface area is 253 Å². The zero-order valence-electron chi connectivity index (χ0n) is 26.3. The van der Waals surface area contributed by atoms with Gasteiger partial charge in [0.25, 0.3) is 5.91 Å². The highest BCUT2D eigenvalue weighted by Gasteiger charge is 2.18. The summed E-state index contributed by atoms with van der Waals surface area (Å²) in [5, 5.41) is 3.11. The number of aryl methyl sites for hydroxylation is 1. The van der Waals surface area contributed by atoms with Crippen molar-refractivity contribution in [1.82, 2.24) is 0 Å². The molecule has 0 saturated heterocycles. The summed E-state index contributed by atoms with van der Waals surface area (Å²) < 4.78 is 8.45. The monoisotopic (exact) mass is 577 g/mol. The maximum atomic E-state index is 13.1. The van der Waals surface area contributed by atoms with E-state index in [1.807, 2.05) is 30.3 Å². The standard InChI is InChI=1S/C36H52N2O2S/c1-6-7-8-9-10-11-12-13-14-15-16-17-24-40-34-25-32(36(3,4)5)22-23-33(34)37-35(39)31-20-18-30(19-21-31)27-38-26-29(2)41-28-38/h18-23,25-26,28H,6-17,24,27H2,1-5H3/p+1. The van der Waals surface area contributed by atoms with Crippen LogP contribution in [0.15, 0.2) is 54.2 Å². The summed E-state index contributed by atoms with van der Waals surface area (Å²) in [4.78, 5) is 14.4. The second-order valence-corrected chi connectivity index (χ2v) is 13.6. The molecule has 0 bridgehead atoms. The Balaban J connectivity index is 1.47. The third kappa shape index (κ3) is 12.0. The minimum atomic E-state index is -0.116. The Kier molecular flexibility index (Phi) is 13.9. The first-order valence-electron chi connectivity index (χ1n) is 15.9. The molecule has 0 fully saturated rings. The third-order valence-corrected chi connectivity index (χ3v) is 8.51. The predicted octanol–water partition coefficient (Wildman–Crippen LogP) is 10.0. The highest BCUT2D eigenvalue weighted by Crippen LogP contribution is 2.32. The van der Waals surface area contributed by atoms with E-state index in [4.69, 9.17) is 4.74 Å². The fourth-order valence-corrected chi connectivity index (χ4v) is 5.66. The highest BCUT2D eigenvalue weighted by molar-refractivity contribution is 7.09. The zero-order valence-corrected chi connectivity index (χ0v) is 27.1. The van der Waals surface area contributed by atoms with Crippen LogP contribution in [0.3, 0.4) is 0 Å². The summed E-state index contributed by atoms with van der Waals surface area (Å²) in [6.45, 7) is 12.5. The number of hydrogen-bond acceptors (Lipinski definition) is 3. The number of carbonyl (C=O) groups is 1. The summed E-state index contributed by atoms with van der Waals surface area (Å²) in [5.41, 5.74) is 5.88. The lowest BCUT2D eigenvalue weighted by molar-refractivity contribution is -0.683. The Hall–Kier alpha value is -2.66. The lowest BCUT2D eigenvalue weighted by Crippen LogP contribution is -2.30. The first-order valence-corrected chi connectivity index (χ1v) is 16.8. The number of nitrogens with zero attached hydrogens (tertiary/aromatic N) is 1. The number of ether oxygens (including phenoxy) is 1. The fraction of sp³-hybridized carbons (Fsp3) is 0.556. The van der Waals surface area contributed by atoms with Gasteiger partial charge in [0.05, 0.1) is 17.2 Å². The van der Waals surface area contributed by atoms with E-state index in [0.29, 0.717) is 12.2 Å². The average Bonchev–Trinajstić information content (AvgIpc) is 3.36. The summed E-state index contributed by atoms with van der Waals surface area (Å²) in [6.07, 6.45) is 18.0. The Morgan fingerprint density at radius 2 is 1.46 bits per heavy atom. The summed E-state index contributed by atoms with van der Waals surface area (Å²) in [7, 11) is 0. The van der Waals surface area contributed by atoms with Crippen LogP contribution in [0.2, 0.25) is 0 Å². The van der Waals surface area contributed by atoms with Crippen LogP contribution in [0.1, 0.15) is 131 Å². The molecule has 0 radical (unpaired) electrons. The number of hydrogen-bond donors (Lipinski definition) is 1. The van der Waals surface area contributed by atoms with Crippen LogP contribution >= 0.6 is 11.3 Å². The van der Waals surface area contributed by atoms with Crippen molar-refractivity contribution in [3.63, 3.8) is 0 Å². The quantitative estimate of drug-likeness (QED) is 0.121. The number of benzene rings is 2. The Morgan fingerprint density at radius 3 is 2.02 bits per heavy atom. The Bertz CT molecular complexity index is 1180. The van der Waals surface area contributed by atoms with Crippen LogP contribution in [0, 0.1) is 6.92 Å². The Morgan fingerprint density at radius 1 is 0.854 bits per heavy atom. The largest absolute Gasteiger partial charge is 0.491 e. The number of carbonyl (C=O) groups excluding carboxylic acids is 1. The van der Waals surface area contributed by atoms with Gasteiger partial charge in [-0.1, -0.05) is 128 Å². The van der Waals surface area contributed by atoms with E-state index in [1.54, 1.807) is 11.3 Å². The minimum Gasteiger partial charge on any atom is -0.491 e. The molecule has 4 nitrogen and oxygen atoms in total. The van der Waals surface area contributed by atoms with Gasteiger partial charge in [-0.2, -0.15) is 4.57 Å². The van der Waals surface area contributed by atoms with Crippen molar-refractivity contribution in [2.75, 3.05) is 11.9 Å². The van der Waals surface area contributed by atoms with Crippen molar-refractivity contribution in [2.24, 2.45) is 0 Å². The molecule has 3 rings (SSSR count). The fourth-order valence-electron chi connectivity index (χ4n) is 5.03. The summed E-state index contributed by atoms with van der Waals surface area (Å²) in [6, 6.07) is 14.0. The smallest absolute Gasteiger partial charge is 0.255 e. The maximum Gasteiger partial charge on any atom is 0.255 e. The average molecular weight is 578 g/mol. The molecule has 0 aliphatic rings. The molecule has 0 atom stereocenters. The van der Waals surface area contributed by atoms with Gasteiger partial charge in [0.15, 0.2) is 12.7 Å². The number of thiazole rings is 1. The topological polar surface area (TPSA) is 42.2 Å². The lowest BCUT2D eigenvalue weighted by atomic mass is 9.87. The molecule has 0 aliphatic heterocycles. The van der Waals surface area contributed by atoms with Gasteiger partial charge in [-0.15, -0.1) is 0 Å². The molecule has 1 amide bonds. The summed E-state index contributed by atoms with van der Waals surface area (Å²) in [5.74, 6) is 0.643. The van der Waals surface area contributed by atoms with E-state index in [2.05, 4.69) is 68.3 Å². The number of anilines is 1. The van der Waals surface area contributed by atoms with Gasteiger partial charge in [-0.25, -0.2) is 0 Å². The SMILES string of the molecule is CCCCCCCCCCCCCCOc1cc(C(C)(C)C)ccc1NC(=O)c1ccc(C[n+]2csc(C)c2)cc1. The van der Waals surface area contributed by atoms with E-state index < -0.39 is 0 Å². The molecule has 224 valence electrons. The van der Waals surface area contributed by atoms with Crippen LogP contribution < -0.4 is 14.6 Å². The maximum absolute atomic E-state index is 13.1. The zero-order chi connectivity index (χ0) is 29.5. The predicted molar refractivity (Wildman–Crippen MR) is 174 cm³/mol. The molecular weight excluding hydrogens is 524 g/mol. The number of rotatable bonds is 18. The second-order valence-electron chi connectivity index (χ2n) is 12.5. The molecule has 1 N–H and O–H groups in total. The third-order valence-electron chi connectivity index (χ3n) is 7.65. The van der Waals surface area contributed by atoms with E-state index in [-0.39, 0.29) is 11.3 Å². The summed E-state index contributed by atoms with van der Waals surface area (Å²) >= 11 is 1.74. The molecule has 3 aromatic rings. The van der Waals surface area contributed by atoms with Crippen LogP contribution in [-0.2, 0) is 12.0 Å². The molecule has 0 aliphatic carbocycles. The normalized spacial score (nSPS) is 11.5. The molecule has 0 spiro atoms. The van der Waals surface area contributed by atoms with Gasteiger partial charge in [0, 0.05) is 11.1 Å². The van der Waals surface area contributed by atoms with Crippen LogP contribution in [0.5, 0.6) is 5.75 Å². The van der Waals surface area contributed by atoms with Gasteiger partial charge in [0.1, 0.15) is 5.75 Å². The number of nitrogens with one attached hydrogen (secondary N) is 1. The van der Waals surface area contributed by atoms with Crippen molar-refractivity contribution in [3.8, 4) is 5.75 Å². The van der Waals surface area contributed by atoms with Gasteiger partial charge in [-0.3, -0.25) is 4.79 Å². The van der Waals surface area contributed by atoms with Crippen molar-refractivity contribution in [2.45, 2.75) is 124 Å². The number of amides is 1. The van der Waals surface area contributed by atoms with Crippen LogP contribution in [-0.4, -0.2) is 12.5 Å². The van der Waals surface area contributed by atoms with Crippen molar-refractivity contribution < 1.29 is 14.1 Å². The van der Waals surface area contributed by atoms with Gasteiger partial charge < -0.3 is 10.1 Å². The molecule has 0 unspecified atom stereocenters. The van der Waals surface area contributed by atoms with Crippen molar-refractivity contribution in [3.05, 3.63) is 75.7 Å². The minimum absolute atomic E-state index is 0.00544. The first kappa shape index (κ1) is 32.8. The van der Waals surface area contributed by atoms with Crippen LogP contribution in [0.25, 0.3) is 0 Å². The van der Waals surface area contributed by atoms with Gasteiger partial charge in [-0.05, 0) is 48.6 Å². The molecular formula is C36H53N2O2S+. The van der Waals surface area contributed by atoms with Crippen molar-refractivity contribution in [1.29, 1.82) is 0 Å². The molecule has 1 heterocycles. The van der Waals surface area contributed by atoms with Crippen LogP contribution in [0.4, 0.5) is 5.69 Å². The number of unbranched alkanes of at least 4 members (excludes halogenated alkanes) is 11. The van der Waals surface area contributed by atoms with E-state index >= 15 is 0 Å². The van der Waals surface area contributed by atoms with E-state index in [9.17, 15) is 4.79 Å². The first-order chi connectivity index (χ1) is 19.8. The van der Waals surface area contributed by atoms with E-state index in [0.717, 1.165) is 24.4 Å². The van der Waals surface area contributed by atoms with Gasteiger partial charge >= 0.3 is 0 Å². The highest BCUT2D eigenvalue weighted by atomic mass is 32.1. The molecule has 41 heavy (non-hydrogen) atoms. The molecule has 0 saturated carbocycles. The molecule has 1 aromatic heterocycles. The second kappa shape index (κ2) is 17.3. The van der Waals surface area contributed by atoms with Crippen molar-refractivity contribution >= 4 is 22.9 Å². The lowest BCUT2D eigenvalue weighted by Gasteiger charge is -2.22. The molecule has 2 aromatic carbocycles.